The fourth-order valence-corrected chi connectivity index (χ4v) is 1.41. The number of hydrogen-bond donors (Lipinski definition) is 1. The molecule has 0 spiro atoms. The van der Waals surface area contributed by atoms with Crippen LogP contribution in [0, 0.1) is 0 Å². The smallest absolute Gasteiger partial charge is 0.0746 e. The minimum Gasteiger partial charge on any atom is -0.314 e. The summed E-state index contributed by atoms with van der Waals surface area (Å²) in [4.78, 5) is 2.06. The molecule has 0 aromatic heterocycles. The standard InChI is InChI=1S/C7H17NO2S/c1-8(2)6-4-5-7-11(3,9)10/h3-7H2,1-2H3,(H,9,10). The van der Waals surface area contributed by atoms with Crippen molar-refractivity contribution in [3.05, 3.63) is 0 Å². The fourth-order valence-electron chi connectivity index (χ4n) is 0.756. The molecule has 0 rings (SSSR count). The third kappa shape index (κ3) is 9.94. The number of hydrogen-bond acceptors (Lipinski definition) is 2. The van der Waals surface area contributed by atoms with Crippen LogP contribution in [-0.4, -0.2) is 45.9 Å². The zero-order valence-corrected chi connectivity index (χ0v) is 8.06. The van der Waals surface area contributed by atoms with Crippen LogP contribution >= 0.6 is 0 Å². The molecule has 0 aliphatic carbocycles. The Morgan fingerprint density at radius 1 is 1.45 bits per heavy atom. The van der Waals surface area contributed by atoms with Gasteiger partial charge in [-0.1, -0.05) is 0 Å². The van der Waals surface area contributed by atoms with Gasteiger partial charge in [-0.2, -0.15) is 0 Å². The number of nitrogens with zero attached hydrogens (tertiary/aromatic N) is 1. The average Bonchev–Trinajstić information content (AvgIpc) is 1.78. The van der Waals surface area contributed by atoms with Gasteiger partial charge in [-0.15, -0.1) is 0 Å². The van der Waals surface area contributed by atoms with Gasteiger partial charge in [0.2, 0.25) is 0 Å². The van der Waals surface area contributed by atoms with E-state index in [1.807, 2.05) is 14.1 Å². The summed E-state index contributed by atoms with van der Waals surface area (Å²) in [6.45, 7) is 0.968. The molecule has 0 heterocycles. The van der Waals surface area contributed by atoms with E-state index in [0.29, 0.717) is 5.75 Å². The van der Waals surface area contributed by atoms with Crippen LogP contribution in [0.4, 0.5) is 0 Å². The zero-order valence-electron chi connectivity index (χ0n) is 7.25. The molecule has 0 saturated heterocycles. The summed E-state index contributed by atoms with van der Waals surface area (Å²) in [7, 11) is 1.23. The molecule has 1 atom stereocenters. The quantitative estimate of drug-likeness (QED) is 0.494. The van der Waals surface area contributed by atoms with E-state index < -0.39 is 9.80 Å². The van der Waals surface area contributed by atoms with Gasteiger partial charge in [-0.05, 0) is 39.4 Å². The molecule has 0 aliphatic rings. The van der Waals surface area contributed by atoms with Crippen molar-refractivity contribution >= 4 is 15.7 Å². The van der Waals surface area contributed by atoms with Gasteiger partial charge in [0.05, 0.1) is 9.80 Å². The Balaban J connectivity index is 3.30. The highest BCUT2D eigenvalue weighted by atomic mass is 32.2. The van der Waals surface area contributed by atoms with Crippen molar-refractivity contribution in [3.63, 3.8) is 0 Å². The van der Waals surface area contributed by atoms with Crippen LogP contribution in [0.25, 0.3) is 0 Å². The Morgan fingerprint density at radius 2 is 2.00 bits per heavy atom. The first-order chi connectivity index (χ1) is 4.92. The van der Waals surface area contributed by atoms with E-state index in [-0.39, 0.29) is 0 Å². The molecule has 0 fully saturated rings. The van der Waals surface area contributed by atoms with Gasteiger partial charge in [0, 0.05) is 5.75 Å². The highest BCUT2D eigenvalue weighted by Gasteiger charge is 1.97. The molecule has 68 valence electrons. The first-order valence-electron chi connectivity index (χ1n) is 3.64. The van der Waals surface area contributed by atoms with Gasteiger partial charge in [0.15, 0.2) is 0 Å². The Labute approximate surface area is 69.2 Å². The maximum absolute atomic E-state index is 10.7. The van der Waals surface area contributed by atoms with Crippen LogP contribution in [0.15, 0.2) is 0 Å². The van der Waals surface area contributed by atoms with Crippen LogP contribution in [0.2, 0.25) is 0 Å². The second kappa shape index (κ2) is 4.74. The van der Waals surface area contributed by atoms with E-state index in [4.69, 9.17) is 4.55 Å². The molecule has 4 heteroatoms. The van der Waals surface area contributed by atoms with Crippen LogP contribution in [-0.2, 0) is 9.80 Å². The van der Waals surface area contributed by atoms with Gasteiger partial charge in [0.25, 0.3) is 0 Å². The van der Waals surface area contributed by atoms with Gasteiger partial charge in [-0.25, -0.2) is 4.21 Å². The van der Waals surface area contributed by atoms with Gasteiger partial charge in [0.1, 0.15) is 0 Å². The minimum atomic E-state index is -2.74. The van der Waals surface area contributed by atoms with Crippen molar-refractivity contribution in [2.24, 2.45) is 0 Å². The molecule has 0 saturated carbocycles. The first-order valence-corrected chi connectivity index (χ1v) is 5.49. The van der Waals surface area contributed by atoms with E-state index >= 15 is 0 Å². The lowest BCUT2D eigenvalue weighted by atomic mass is 10.3. The van der Waals surface area contributed by atoms with Gasteiger partial charge >= 0.3 is 0 Å². The molecule has 1 N–H and O–H groups in total. The normalized spacial score (nSPS) is 16.7. The molecule has 3 nitrogen and oxygen atoms in total. The van der Waals surface area contributed by atoms with Crippen molar-refractivity contribution in [2.45, 2.75) is 12.8 Å². The van der Waals surface area contributed by atoms with E-state index in [1.54, 1.807) is 0 Å². The Morgan fingerprint density at radius 3 is 2.36 bits per heavy atom. The average molecular weight is 179 g/mol. The number of rotatable bonds is 5. The van der Waals surface area contributed by atoms with Crippen molar-refractivity contribution in [1.29, 1.82) is 0 Å². The third-order valence-corrected chi connectivity index (χ3v) is 2.25. The van der Waals surface area contributed by atoms with Crippen LogP contribution < -0.4 is 0 Å². The lowest BCUT2D eigenvalue weighted by Gasteiger charge is -2.08. The third-order valence-electron chi connectivity index (χ3n) is 1.32. The molecule has 0 bridgehead atoms. The second-order valence-corrected chi connectivity index (χ2v) is 4.94. The number of unbranched alkanes of at least 4 members (excludes halogenated alkanes) is 1. The summed E-state index contributed by atoms with van der Waals surface area (Å²) in [5.41, 5.74) is 0. The lowest BCUT2D eigenvalue weighted by Crippen LogP contribution is -2.14. The predicted octanol–water partition coefficient (Wildman–Crippen LogP) is 0.518. The Hall–Kier alpha value is -0.0600. The summed E-state index contributed by atoms with van der Waals surface area (Å²) in [6.07, 6.45) is 1.73. The van der Waals surface area contributed by atoms with Crippen LogP contribution in [0.3, 0.4) is 0 Å². The molecule has 0 aliphatic heterocycles. The highest BCUT2D eigenvalue weighted by Crippen LogP contribution is 1.94. The van der Waals surface area contributed by atoms with E-state index in [2.05, 4.69) is 10.8 Å². The predicted molar refractivity (Wildman–Crippen MR) is 50.5 cm³/mol. The largest absolute Gasteiger partial charge is 0.314 e. The van der Waals surface area contributed by atoms with Crippen molar-refractivity contribution < 1.29 is 8.76 Å². The Bertz CT molecular complexity index is 185. The fraction of sp³-hybridized carbons (Fsp3) is 0.857. The maximum Gasteiger partial charge on any atom is 0.0746 e. The van der Waals surface area contributed by atoms with E-state index in [0.717, 1.165) is 19.4 Å². The second-order valence-electron chi connectivity index (χ2n) is 2.99. The first kappa shape index (κ1) is 10.9. The van der Waals surface area contributed by atoms with Crippen molar-refractivity contribution in [3.8, 4) is 0 Å². The van der Waals surface area contributed by atoms with Crippen molar-refractivity contribution in [1.82, 2.24) is 4.90 Å². The summed E-state index contributed by atoms with van der Waals surface area (Å²) in [6, 6.07) is 0. The van der Waals surface area contributed by atoms with E-state index in [9.17, 15) is 4.21 Å². The monoisotopic (exact) mass is 179 g/mol. The maximum atomic E-state index is 10.7. The summed E-state index contributed by atoms with van der Waals surface area (Å²) in [5, 5.41) is 0. The zero-order chi connectivity index (χ0) is 8.91. The van der Waals surface area contributed by atoms with E-state index in [1.165, 1.54) is 0 Å². The Kier molecular flexibility index (Phi) is 4.72. The summed E-state index contributed by atoms with van der Waals surface area (Å²) >= 11 is 0. The van der Waals surface area contributed by atoms with Crippen LogP contribution in [0.5, 0.6) is 0 Å². The summed E-state index contributed by atoms with van der Waals surface area (Å²) < 4.78 is 19.4. The SMILES string of the molecule is C=S(=O)(O)CCCCN(C)C. The molecule has 0 radical (unpaired) electrons. The molecule has 1 unspecified atom stereocenters. The molecule has 0 amide bonds. The molecular formula is C7H17NO2S. The molecular weight excluding hydrogens is 162 g/mol. The van der Waals surface area contributed by atoms with Gasteiger partial charge < -0.3 is 9.45 Å². The lowest BCUT2D eigenvalue weighted by molar-refractivity contribution is 0.397. The topological polar surface area (TPSA) is 40.5 Å². The van der Waals surface area contributed by atoms with Crippen LogP contribution in [0.1, 0.15) is 12.8 Å². The van der Waals surface area contributed by atoms with Crippen molar-refractivity contribution in [2.75, 3.05) is 26.4 Å². The molecule has 0 aromatic carbocycles. The minimum absolute atomic E-state index is 0.320. The molecule has 11 heavy (non-hydrogen) atoms. The summed E-state index contributed by atoms with van der Waals surface area (Å²) in [5.74, 6) is 3.48. The highest BCUT2D eigenvalue weighted by molar-refractivity contribution is 7.95. The molecule has 0 aromatic rings. The van der Waals surface area contributed by atoms with Gasteiger partial charge in [-0.3, -0.25) is 0 Å².